The van der Waals surface area contributed by atoms with Gasteiger partial charge in [-0.15, -0.1) is 13.2 Å². The highest BCUT2D eigenvalue weighted by Crippen LogP contribution is 2.59. The van der Waals surface area contributed by atoms with E-state index in [-0.39, 0.29) is 127 Å². The first-order valence-electron chi connectivity index (χ1n) is 41.5. The number of pyridine rings is 2. The number of cyclic esters (lactones) is 2. The van der Waals surface area contributed by atoms with Crippen LogP contribution in [-0.4, -0.2) is 145 Å². The molecule has 4 aromatic carbocycles. The fourth-order valence-electron chi connectivity index (χ4n) is 17.8. The molecule has 24 heteroatoms. The molecule has 7 fully saturated rings. The zero-order chi connectivity index (χ0) is 83.5. The molecule has 2 aromatic heterocycles. The number of benzene rings is 4. The Morgan fingerprint density at radius 1 is 0.563 bits per heavy atom. The number of nitrogens with one attached hydrogen (secondary N) is 2. The third kappa shape index (κ3) is 19.7. The Morgan fingerprint density at radius 2 is 0.966 bits per heavy atom. The van der Waals surface area contributed by atoms with Crippen molar-refractivity contribution in [2.24, 2.45) is 56.7 Å². The van der Waals surface area contributed by atoms with E-state index in [2.05, 4.69) is 53.0 Å². The second-order valence-corrected chi connectivity index (χ2v) is 41.0. The number of aryl methyl sites for hydroxylation is 2. The minimum atomic E-state index is -3.87. The summed E-state index contributed by atoms with van der Waals surface area (Å²) in [6.07, 6.45) is 16.9. The average molecular weight is 1660 g/mol. The third-order valence-corrected chi connectivity index (χ3v) is 29.2. The molecule has 0 radical (unpaired) electrons. The average Bonchev–Trinajstić information content (AvgIpc) is 1.54. The van der Waals surface area contributed by atoms with Crippen LogP contribution in [0.1, 0.15) is 201 Å². The van der Waals surface area contributed by atoms with Gasteiger partial charge in [-0.25, -0.2) is 26.8 Å². The molecule has 4 amide bonds. The maximum atomic E-state index is 15.0. The largest absolute Gasteiger partial charge is 0.488 e. The SMILES string of the molecule is C.C.C=C[C@@H]1C[C@]1(CC(=O)[C@@H]1C[C@@H]2CN1C(=O)[C@H](C(C)(C)C)CC(=O)OCC(C)(C)C/C=C/c1cc3c(cc(-c4ccccc4)nc3cc1C)O2)C(=O)NS(=O)(=O)C1CC1.C=C[C@@H]1C[C@]1(CC(=O)[C@@H]1C[C@@H]2CN1C(=O)[C@H](C1CCCC1)CC(=O)OCC(C)(C)C/C=C/c1cc3c(cc(-c4ccccc4)nc3cc1C)O2)C(=O)NS(=O)(=O)C1CC1. The molecule has 10 atom stereocenters. The van der Waals surface area contributed by atoms with Crippen molar-refractivity contribution in [3.63, 3.8) is 0 Å². The smallest absolute Gasteiger partial charge is 0.306 e. The summed E-state index contributed by atoms with van der Waals surface area (Å²) in [7, 11) is -7.72. The molecule has 6 heterocycles. The predicted octanol–water partition coefficient (Wildman–Crippen LogP) is 16.1. The molecular formula is C95H118N6O16S2. The van der Waals surface area contributed by atoms with Gasteiger partial charge in [-0.1, -0.05) is 173 Å². The number of esters is 2. The number of sulfonamides is 2. The van der Waals surface area contributed by atoms with Crippen molar-refractivity contribution in [2.45, 2.75) is 228 Å². The zero-order valence-corrected chi connectivity index (χ0v) is 70.3. The highest BCUT2D eigenvalue weighted by molar-refractivity contribution is 7.91. The highest BCUT2D eigenvalue weighted by atomic mass is 32.2. The highest BCUT2D eigenvalue weighted by Gasteiger charge is 2.63. The number of ether oxygens (including phenoxy) is 4. The van der Waals surface area contributed by atoms with Crippen molar-refractivity contribution in [1.29, 1.82) is 0 Å². The van der Waals surface area contributed by atoms with Gasteiger partial charge in [0.2, 0.25) is 43.7 Å². The molecule has 8 bridgehead atoms. The number of aromatic nitrogens is 2. The van der Waals surface area contributed by atoms with E-state index in [9.17, 15) is 50.4 Å². The lowest BCUT2D eigenvalue weighted by Crippen LogP contribution is -2.48. The third-order valence-electron chi connectivity index (χ3n) is 25.6. The van der Waals surface area contributed by atoms with Crippen molar-refractivity contribution in [3.8, 4) is 34.0 Å². The minimum Gasteiger partial charge on any atom is -0.488 e. The van der Waals surface area contributed by atoms with Gasteiger partial charge < -0.3 is 28.7 Å². The van der Waals surface area contributed by atoms with Gasteiger partial charge in [0, 0.05) is 70.5 Å². The van der Waals surface area contributed by atoms with Crippen LogP contribution >= 0.6 is 0 Å². The molecule has 5 saturated carbocycles. The Bertz CT molecular complexity index is 5250. The fourth-order valence-corrected chi connectivity index (χ4v) is 20.5. The van der Waals surface area contributed by atoms with Crippen LogP contribution in [0.25, 0.3) is 56.5 Å². The lowest BCUT2D eigenvalue weighted by Gasteiger charge is -2.35. The van der Waals surface area contributed by atoms with E-state index >= 15 is 4.79 Å². The molecule has 15 rings (SSSR count). The number of nitrogens with zero attached hydrogens (tertiary/aromatic N) is 4. The second kappa shape index (κ2) is 34.8. The second-order valence-electron chi connectivity index (χ2n) is 37.0. The van der Waals surface area contributed by atoms with Gasteiger partial charge in [0.25, 0.3) is 0 Å². The van der Waals surface area contributed by atoms with Crippen molar-refractivity contribution in [3.05, 3.63) is 157 Å². The lowest BCUT2D eigenvalue weighted by atomic mass is 9.77. The van der Waals surface area contributed by atoms with Crippen LogP contribution in [0.4, 0.5) is 0 Å². The first-order chi connectivity index (χ1) is 55.5. The number of hydrogen-bond donors (Lipinski definition) is 2. The number of carbonyl (C=O) groups is 8. The standard InChI is InChI=1S/C47H55N3O8S.C46H55N3O8S.2CH4/c1-5-33-25-47(33,45(54)49-59(55,56)35-17-18-35)26-41(51)40-22-34-27-50(40)44(53)36(30-12-9-10-13-30)23-43(52)57-28-46(3,4)19-11-16-32-21-37-39(20-29(32)2)48-38(24-42(37)58-34)31-14-7-6-8-15-31;1-8-31-24-46(31,43(53)48-58(54,55)33-16-17-33)25-39(50)38-21-32-26-49(38)42(52)35(44(3,4)5)22-41(51)56-27-45(6,7)18-12-15-30-20-34-37(19-28(30)2)47-36(23-40(34)57-32)29-13-10-9-11-14-29;;/h5-8,11,14-16,20-21,24,30,33-36,40H,1,9-10,12-13,17-19,22-23,25-28H2,2-4H3,(H,49,54);8-15,19-20,23,31-33,35,38H,1,16-18,21-22,24-27H2,2-7H3,(H,48,53);2*1H4/b16-11+;15-12+;;/t33-,34-,36+,40+,47-;31-,32-,35-,38+,46-;;/m11../s1. The van der Waals surface area contributed by atoms with Gasteiger partial charge >= 0.3 is 11.9 Å². The summed E-state index contributed by atoms with van der Waals surface area (Å²) >= 11 is 0. The lowest BCUT2D eigenvalue weighted by molar-refractivity contribution is -0.155. The molecule has 4 aliphatic heterocycles. The van der Waals surface area contributed by atoms with Crippen molar-refractivity contribution in [2.75, 3.05) is 26.3 Å². The maximum Gasteiger partial charge on any atom is 0.306 e. The summed E-state index contributed by atoms with van der Waals surface area (Å²) in [6, 6.07) is 29.6. The van der Waals surface area contributed by atoms with Gasteiger partial charge in [-0.3, -0.25) is 47.8 Å². The Morgan fingerprint density at radius 3 is 1.35 bits per heavy atom. The van der Waals surface area contributed by atoms with E-state index < -0.39 is 124 Å². The zero-order valence-electron chi connectivity index (χ0n) is 68.7. The summed E-state index contributed by atoms with van der Waals surface area (Å²) in [6.45, 7) is 26.1. The van der Waals surface area contributed by atoms with E-state index in [1.807, 2.05) is 153 Å². The Kier molecular flexibility index (Phi) is 25.9. The molecule has 5 aliphatic carbocycles. The Balaban J connectivity index is 0.000000215. The number of carbonyl (C=O) groups excluding carboxylic acids is 8. The molecule has 22 nitrogen and oxygen atoms in total. The van der Waals surface area contributed by atoms with Crippen LogP contribution in [0.5, 0.6) is 11.5 Å². The first kappa shape index (κ1) is 88.6. The Hall–Kier alpha value is -9.68. The topological polar surface area (TPSA) is 298 Å². The summed E-state index contributed by atoms with van der Waals surface area (Å²) < 4.78 is 81.5. The maximum absolute atomic E-state index is 15.0. The van der Waals surface area contributed by atoms with Crippen molar-refractivity contribution >= 4 is 101 Å². The van der Waals surface area contributed by atoms with Crippen LogP contribution < -0.4 is 18.9 Å². The van der Waals surface area contributed by atoms with Gasteiger partial charge in [0.05, 0.1) is 107 Å². The molecule has 2 N–H and O–H groups in total. The monoisotopic (exact) mass is 1660 g/mol. The van der Waals surface area contributed by atoms with Crippen molar-refractivity contribution < 1.29 is 74.1 Å². The van der Waals surface area contributed by atoms with Crippen molar-refractivity contribution in [1.82, 2.24) is 29.2 Å². The molecule has 9 aliphatic rings. The Labute approximate surface area is 701 Å². The number of Topliss-reactive ketones (excluding diaryl/α,β-unsaturated/α-hetero) is 2. The number of fused-ring (bicyclic) bond motifs is 6. The number of rotatable bonds is 17. The molecule has 636 valence electrons. The summed E-state index contributed by atoms with van der Waals surface area (Å²) in [5.74, 6) is -5.02. The van der Waals surface area contributed by atoms with E-state index in [4.69, 9.17) is 28.9 Å². The summed E-state index contributed by atoms with van der Waals surface area (Å²) in [4.78, 5) is 127. The summed E-state index contributed by atoms with van der Waals surface area (Å²) in [5, 5.41) is 0.352. The van der Waals surface area contributed by atoms with Crippen LogP contribution in [0.15, 0.2) is 135 Å². The fraction of sp³-hybridized carbons (Fsp3) is 0.516. The van der Waals surface area contributed by atoms with Crippen LogP contribution in [0.3, 0.4) is 0 Å². The quantitative estimate of drug-likeness (QED) is 0.0633. The normalized spacial score (nSPS) is 27.0. The minimum absolute atomic E-state index is 0. The number of allylic oxidation sites excluding steroid dienone is 4. The number of amides is 4. The molecule has 0 unspecified atom stereocenters. The van der Waals surface area contributed by atoms with E-state index in [1.165, 1.54) is 4.90 Å². The summed E-state index contributed by atoms with van der Waals surface area (Å²) in [5.41, 5.74) is 4.68. The number of ketones is 2. The molecule has 2 saturated heterocycles. The van der Waals surface area contributed by atoms with E-state index in [1.54, 1.807) is 17.1 Å². The van der Waals surface area contributed by atoms with Gasteiger partial charge in [0.15, 0.2) is 11.6 Å². The van der Waals surface area contributed by atoms with Gasteiger partial charge in [-0.2, -0.15) is 0 Å². The van der Waals surface area contributed by atoms with Crippen LogP contribution in [0.2, 0.25) is 0 Å². The molecule has 0 spiro atoms. The van der Waals surface area contributed by atoms with E-state index in [0.29, 0.717) is 55.7 Å². The van der Waals surface area contributed by atoms with E-state index in [0.717, 1.165) is 86.6 Å². The predicted molar refractivity (Wildman–Crippen MR) is 462 cm³/mol. The molecule has 6 aromatic rings. The van der Waals surface area contributed by atoms with Gasteiger partial charge in [-0.05, 0) is 148 Å². The molecular weight excluding hydrogens is 1550 g/mol. The van der Waals surface area contributed by atoms with Crippen LogP contribution in [-0.2, 0) is 67.9 Å². The van der Waals surface area contributed by atoms with Crippen LogP contribution in [0, 0.1) is 70.5 Å². The molecule has 119 heavy (non-hydrogen) atoms. The number of hydrogen-bond acceptors (Lipinski definition) is 18. The first-order valence-corrected chi connectivity index (χ1v) is 44.6. The van der Waals surface area contributed by atoms with Gasteiger partial charge in [0.1, 0.15) is 23.7 Å².